The van der Waals surface area contributed by atoms with Gasteiger partial charge in [0.2, 0.25) is 11.8 Å². The van der Waals surface area contributed by atoms with Crippen LogP contribution in [0.3, 0.4) is 0 Å². The SMILES string of the molecule is C[C@@H]1O[C@@H](OCCOCCNC(=O)CCOCCOCCOCCOCCOCCOCCOCCOCCOCCOCCOCCOCCCC(=O)COc2ccc(-c3cc(OCC(=O)CCCOCCOCCOCCOCCOCCOCCOCCOCCOCCOCCOCCOCCC(=O)NCCOCCO[C@@H]4O[C@@H](C)[C@H](O)[C@@H](O)[C@H]4O)cc(C(=O)CCCN)c3)cc2)[C@H](O)[C@H](O)[C@H]1O. The molecule has 2 aromatic rings. The number of rotatable bonds is 105. The van der Waals surface area contributed by atoms with Gasteiger partial charge in [-0.05, 0) is 81.1 Å². The van der Waals surface area contributed by atoms with E-state index in [0.29, 0.717) is 372 Å². The Hall–Kier alpha value is -5.49. The van der Waals surface area contributed by atoms with Crippen molar-refractivity contribution >= 4 is 29.2 Å². The predicted octanol–water partition coefficient (Wildman–Crippen LogP) is -0.136. The van der Waals surface area contributed by atoms with Crippen LogP contribution in [0.15, 0.2) is 42.5 Å². The molecule has 0 bridgehead atoms. The number of carbonyl (C=O) groups is 5. The molecular formula is C96H167N3O43. The second-order valence-corrected chi connectivity index (χ2v) is 31.7. The zero-order valence-corrected chi connectivity index (χ0v) is 83.6. The molecule has 2 aromatic carbocycles. The molecule has 2 saturated heterocycles. The first-order valence-corrected chi connectivity index (χ1v) is 49.5. The number of benzene rings is 2. The molecule has 2 amide bonds. The number of nitrogens with one attached hydrogen (secondary N) is 2. The zero-order valence-electron chi connectivity index (χ0n) is 83.6. The maximum atomic E-state index is 13.2. The van der Waals surface area contributed by atoms with Gasteiger partial charge in [0.05, 0.1) is 356 Å². The van der Waals surface area contributed by atoms with E-state index >= 15 is 0 Å². The number of carbonyl (C=O) groups excluding carboxylic acids is 5. The lowest BCUT2D eigenvalue weighted by molar-refractivity contribution is -0.294. The number of hydrogen-bond acceptors (Lipinski definition) is 44. The summed E-state index contributed by atoms with van der Waals surface area (Å²) in [6.45, 7) is 24.5. The third-order valence-electron chi connectivity index (χ3n) is 20.2. The Morgan fingerprint density at radius 3 is 0.803 bits per heavy atom. The molecular weight excluding hydrogens is 1880 g/mol. The van der Waals surface area contributed by atoms with Crippen LogP contribution in [-0.4, -0.2) is 511 Å². The van der Waals surface area contributed by atoms with Crippen molar-refractivity contribution in [3.8, 4) is 22.6 Å². The number of aliphatic hydroxyl groups excluding tert-OH is 6. The summed E-state index contributed by atoms with van der Waals surface area (Å²) in [6, 6.07) is 12.4. The van der Waals surface area contributed by atoms with Crippen LogP contribution in [0, 0.1) is 0 Å². The topological polar surface area (TPSA) is 552 Å². The molecule has 0 unspecified atom stereocenters. The standard InChI is InChI=1S/C96H167N3O43/c1-77-89(105)91(107)93(109)95(141-77)137-70-68-115-22-16-98-87(103)13-20-113-26-30-119-34-38-123-42-46-127-50-54-131-58-62-135-66-64-133-60-56-129-52-48-125-44-40-121-36-32-117-28-24-111-18-4-6-82(100)75-139-84-11-9-79(10-12-84)80-72-81(86(102)8-3-15-97)74-85(73-80)140-76-83(101)7-5-19-112-25-29-118-33-37-122-41-45-126-49-53-130-57-61-134-65-67-136-63-59-132-55-51-128-47-43-124-39-35-120-31-27-114-21-14-88(104)99-17-23-116-69-71-138-96-94(110)92(108)90(106)78(2)142-96/h9-12,72-74,77-78,89-96,105-110H,3-8,13-71,75-76,97H2,1-2H3,(H,98,103)(H,99,104)/t77-,78-,89-,90-,91+,92+,93+,94+,95+,96+/m0/s1. The van der Waals surface area contributed by atoms with Gasteiger partial charge >= 0.3 is 0 Å². The molecule has 0 aromatic heterocycles. The molecule has 10 N–H and O–H groups in total. The van der Waals surface area contributed by atoms with Crippen molar-refractivity contribution in [1.82, 2.24) is 10.6 Å². The van der Waals surface area contributed by atoms with E-state index in [4.69, 9.17) is 157 Å². The molecule has 142 heavy (non-hydrogen) atoms. The first-order chi connectivity index (χ1) is 69.6. The van der Waals surface area contributed by atoms with Crippen LogP contribution in [0.4, 0.5) is 0 Å². The second-order valence-electron chi connectivity index (χ2n) is 31.7. The quantitative estimate of drug-likeness (QED) is 0.0307. The minimum Gasteiger partial charge on any atom is -0.486 e. The van der Waals surface area contributed by atoms with Gasteiger partial charge in [-0.15, -0.1) is 0 Å². The summed E-state index contributed by atoms with van der Waals surface area (Å²) < 4.78 is 177. The van der Waals surface area contributed by atoms with Crippen LogP contribution >= 0.6 is 0 Å². The summed E-state index contributed by atoms with van der Waals surface area (Å²) in [5.74, 6) is 0.258. The van der Waals surface area contributed by atoms with Crippen molar-refractivity contribution < 1.29 is 206 Å². The van der Waals surface area contributed by atoms with Gasteiger partial charge in [0.25, 0.3) is 0 Å². The van der Waals surface area contributed by atoms with Crippen LogP contribution < -0.4 is 25.8 Å². The van der Waals surface area contributed by atoms with Gasteiger partial charge in [-0.1, -0.05) is 12.1 Å². The van der Waals surface area contributed by atoms with Gasteiger partial charge in [0, 0.05) is 64.0 Å². The zero-order chi connectivity index (χ0) is 102. The normalized spacial score (nSPS) is 18.1. The fourth-order valence-electron chi connectivity index (χ4n) is 12.4. The molecule has 4 rings (SSSR count). The molecule has 824 valence electrons. The number of nitrogens with two attached hydrogens (primary N) is 1. The first-order valence-electron chi connectivity index (χ1n) is 49.5. The van der Waals surface area contributed by atoms with Crippen LogP contribution in [0.5, 0.6) is 11.5 Å². The van der Waals surface area contributed by atoms with E-state index in [-0.39, 0.29) is 121 Å². The van der Waals surface area contributed by atoms with Crippen molar-refractivity contribution in [2.24, 2.45) is 5.73 Å². The Morgan fingerprint density at radius 1 is 0.268 bits per heavy atom. The Kier molecular flexibility index (Phi) is 84.2. The number of ether oxygens (including phenoxy) is 32. The average molecular weight is 2050 g/mol. The summed E-state index contributed by atoms with van der Waals surface area (Å²) in [4.78, 5) is 62.7. The number of amides is 2. The van der Waals surface area contributed by atoms with E-state index in [9.17, 15) is 54.6 Å². The maximum Gasteiger partial charge on any atom is 0.222 e. The highest BCUT2D eigenvalue weighted by molar-refractivity contribution is 5.98. The highest BCUT2D eigenvalue weighted by Crippen LogP contribution is 2.30. The van der Waals surface area contributed by atoms with Crippen LogP contribution in [0.1, 0.15) is 75.6 Å². The van der Waals surface area contributed by atoms with Gasteiger partial charge < -0.3 is 199 Å². The van der Waals surface area contributed by atoms with Crippen LogP contribution in [-0.2, 0) is 161 Å². The summed E-state index contributed by atoms with van der Waals surface area (Å²) in [5.41, 5.74) is 7.64. The first kappa shape index (κ1) is 129. The van der Waals surface area contributed by atoms with Crippen LogP contribution in [0.25, 0.3) is 11.1 Å². The molecule has 2 aliphatic heterocycles. The molecule has 0 spiro atoms. The molecule has 2 aliphatic rings. The molecule has 0 saturated carbocycles. The lowest BCUT2D eigenvalue weighted by Crippen LogP contribution is -2.57. The van der Waals surface area contributed by atoms with E-state index < -0.39 is 61.4 Å². The fraction of sp³-hybridized carbons (Fsp3) is 0.823. The maximum absolute atomic E-state index is 13.2. The summed E-state index contributed by atoms with van der Waals surface area (Å²) >= 11 is 0. The minimum absolute atomic E-state index is 0.0681. The van der Waals surface area contributed by atoms with Gasteiger partial charge in [0.1, 0.15) is 61.3 Å². The summed E-state index contributed by atoms with van der Waals surface area (Å²) in [5, 5.41) is 64.6. The van der Waals surface area contributed by atoms with Crippen molar-refractivity contribution in [3.63, 3.8) is 0 Å². The summed E-state index contributed by atoms with van der Waals surface area (Å²) in [7, 11) is 0. The van der Waals surface area contributed by atoms with Gasteiger partial charge in [0.15, 0.2) is 29.9 Å². The van der Waals surface area contributed by atoms with Crippen molar-refractivity contribution in [3.05, 3.63) is 48.0 Å². The third-order valence-corrected chi connectivity index (χ3v) is 20.2. The van der Waals surface area contributed by atoms with E-state index in [1.165, 1.54) is 0 Å². The van der Waals surface area contributed by atoms with Gasteiger partial charge in [-0.3, -0.25) is 24.0 Å². The second kappa shape index (κ2) is 92.8. The number of hydrogen-bond donors (Lipinski definition) is 9. The summed E-state index contributed by atoms with van der Waals surface area (Å²) in [6.07, 6.45) is -8.64. The minimum atomic E-state index is -1.37. The van der Waals surface area contributed by atoms with Crippen molar-refractivity contribution in [2.45, 2.75) is 127 Å². The van der Waals surface area contributed by atoms with Gasteiger partial charge in [-0.2, -0.15) is 0 Å². The fourth-order valence-corrected chi connectivity index (χ4v) is 12.4. The van der Waals surface area contributed by atoms with E-state index in [1.54, 1.807) is 44.2 Å². The molecule has 0 radical (unpaired) electrons. The number of Topliss-reactive ketones (excluding diaryl/α,β-unsaturated/α-hetero) is 3. The van der Waals surface area contributed by atoms with E-state index in [0.717, 1.165) is 5.56 Å². The van der Waals surface area contributed by atoms with Crippen molar-refractivity contribution in [1.29, 1.82) is 0 Å². The Labute approximate surface area is 835 Å². The number of aliphatic hydroxyl groups is 6. The molecule has 10 atom stereocenters. The predicted molar refractivity (Wildman–Crippen MR) is 507 cm³/mol. The molecule has 46 nitrogen and oxygen atoms in total. The average Bonchev–Trinajstić information content (AvgIpc) is 0.828. The molecule has 0 aliphatic carbocycles. The van der Waals surface area contributed by atoms with Crippen LogP contribution in [0.2, 0.25) is 0 Å². The molecule has 2 heterocycles. The number of ketones is 3. The Balaban J connectivity index is 0.799. The van der Waals surface area contributed by atoms with Gasteiger partial charge in [-0.25, -0.2) is 0 Å². The lowest BCUT2D eigenvalue weighted by atomic mass is 9.99. The highest BCUT2D eigenvalue weighted by atomic mass is 16.7. The molecule has 2 fully saturated rings. The largest absolute Gasteiger partial charge is 0.486 e. The Bertz CT molecular complexity index is 3270. The molecule has 46 heteroatoms. The van der Waals surface area contributed by atoms with Crippen molar-refractivity contribution in [2.75, 3.05) is 390 Å². The monoisotopic (exact) mass is 2050 g/mol. The lowest BCUT2D eigenvalue weighted by Gasteiger charge is -2.38. The Morgan fingerprint density at radius 2 is 0.521 bits per heavy atom. The van der Waals surface area contributed by atoms with E-state index in [1.807, 2.05) is 12.1 Å². The smallest absolute Gasteiger partial charge is 0.222 e. The third kappa shape index (κ3) is 72.0. The highest BCUT2D eigenvalue weighted by Gasteiger charge is 2.43. The van der Waals surface area contributed by atoms with E-state index in [2.05, 4.69) is 10.6 Å².